The van der Waals surface area contributed by atoms with Crippen LogP contribution in [0.15, 0.2) is 29.2 Å². The lowest BCUT2D eigenvalue weighted by molar-refractivity contribution is -0.126. The van der Waals surface area contributed by atoms with Gasteiger partial charge in [-0.3, -0.25) is 15.0 Å². The molecule has 0 atom stereocenters. The summed E-state index contributed by atoms with van der Waals surface area (Å²) in [5.41, 5.74) is 3.87. The van der Waals surface area contributed by atoms with E-state index in [4.69, 9.17) is 0 Å². The number of hydrazine groups is 1. The summed E-state index contributed by atoms with van der Waals surface area (Å²) in [4.78, 5) is 27.0. The SMILES string of the molecule is O=C(CCN1C(=O)CSc2ccccc21)NN1CCCCC1. The first-order valence-electron chi connectivity index (χ1n) is 7.81. The third-order valence-electron chi connectivity index (χ3n) is 4.01. The van der Waals surface area contributed by atoms with Gasteiger partial charge in [-0.05, 0) is 25.0 Å². The van der Waals surface area contributed by atoms with Crippen molar-refractivity contribution in [1.29, 1.82) is 0 Å². The zero-order valence-electron chi connectivity index (χ0n) is 12.6. The summed E-state index contributed by atoms with van der Waals surface area (Å²) < 4.78 is 0. The number of fused-ring (bicyclic) bond motifs is 1. The number of carbonyl (C=O) groups excluding carboxylic acids is 2. The molecule has 2 amide bonds. The van der Waals surface area contributed by atoms with Crippen LogP contribution in [-0.2, 0) is 9.59 Å². The molecule has 22 heavy (non-hydrogen) atoms. The minimum absolute atomic E-state index is 0.00888. The molecular formula is C16H21N3O2S. The summed E-state index contributed by atoms with van der Waals surface area (Å²) in [5.74, 6) is 0.518. The number of piperidine rings is 1. The van der Waals surface area contributed by atoms with Gasteiger partial charge in [0.15, 0.2) is 0 Å². The molecule has 1 aromatic carbocycles. The predicted octanol–water partition coefficient (Wildman–Crippen LogP) is 2.03. The molecule has 0 bridgehead atoms. The first kappa shape index (κ1) is 15.4. The lowest BCUT2D eigenvalue weighted by atomic mass is 10.2. The van der Waals surface area contributed by atoms with Crippen LogP contribution in [0.5, 0.6) is 0 Å². The quantitative estimate of drug-likeness (QED) is 0.923. The second-order valence-electron chi connectivity index (χ2n) is 5.63. The molecule has 6 heteroatoms. The maximum absolute atomic E-state index is 12.1. The Morgan fingerprint density at radius 1 is 1.18 bits per heavy atom. The summed E-state index contributed by atoms with van der Waals surface area (Å²) in [7, 11) is 0. The van der Waals surface area contributed by atoms with Gasteiger partial charge in [0.05, 0.1) is 11.4 Å². The fraction of sp³-hybridized carbons (Fsp3) is 0.500. The van der Waals surface area contributed by atoms with Gasteiger partial charge in [0, 0.05) is 31.0 Å². The van der Waals surface area contributed by atoms with Gasteiger partial charge in [-0.1, -0.05) is 18.6 Å². The largest absolute Gasteiger partial charge is 0.310 e. The second kappa shape index (κ2) is 7.15. The highest BCUT2D eigenvalue weighted by Gasteiger charge is 2.24. The fourth-order valence-corrected chi connectivity index (χ4v) is 3.79. The Labute approximate surface area is 135 Å². The Bertz CT molecular complexity index is 558. The Hall–Kier alpha value is -1.53. The number of para-hydroxylation sites is 1. The maximum atomic E-state index is 12.1. The van der Waals surface area contributed by atoms with Crippen molar-refractivity contribution in [2.75, 3.05) is 30.3 Å². The number of rotatable bonds is 4. The van der Waals surface area contributed by atoms with Crippen molar-refractivity contribution < 1.29 is 9.59 Å². The minimum atomic E-state index is -0.00888. The molecule has 0 radical (unpaired) electrons. The van der Waals surface area contributed by atoms with Gasteiger partial charge in [0.25, 0.3) is 0 Å². The standard InChI is InChI=1S/C16H21N3O2S/c20-15(17-18-9-4-1-5-10-18)8-11-19-13-6-2-3-7-14(13)22-12-16(19)21/h2-3,6-7H,1,4-5,8-12H2,(H,17,20). The highest BCUT2D eigenvalue weighted by molar-refractivity contribution is 8.00. The average molecular weight is 319 g/mol. The summed E-state index contributed by atoms with van der Waals surface area (Å²) in [5, 5.41) is 1.99. The van der Waals surface area contributed by atoms with E-state index in [9.17, 15) is 9.59 Å². The molecule has 0 aromatic heterocycles. The summed E-state index contributed by atoms with van der Waals surface area (Å²) in [6.45, 7) is 2.29. The Morgan fingerprint density at radius 2 is 1.95 bits per heavy atom. The summed E-state index contributed by atoms with van der Waals surface area (Å²) in [6, 6.07) is 7.87. The molecule has 1 aromatic rings. The number of carbonyl (C=O) groups is 2. The Morgan fingerprint density at radius 3 is 2.77 bits per heavy atom. The van der Waals surface area contributed by atoms with Crippen molar-refractivity contribution in [3.05, 3.63) is 24.3 Å². The monoisotopic (exact) mass is 319 g/mol. The molecule has 1 saturated heterocycles. The van der Waals surface area contributed by atoms with Crippen LogP contribution in [0.25, 0.3) is 0 Å². The molecule has 0 saturated carbocycles. The van der Waals surface area contributed by atoms with Crippen molar-refractivity contribution in [2.45, 2.75) is 30.6 Å². The number of amides is 2. The van der Waals surface area contributed by atoms with E-state index in [-0.39, 0.29) is 11.8 Å². The number of anilines is 1. The van der Waals surface area contributed by atoms with Crippen LogP contribution >= 0.6 is 11.8 Å². The lowest BCUT2D eigenvalue weighted by Gasteiger charge is -2.30. The van der Waals surface area contributed by atoms with Crippen molar-refractivity contribution in [3.8, 4) is 0 Å². The predicted molar refractivity (Wildman–Crippen MR) is 87.7 cm³/mol. The van der Waals surface area contributed by atoms with E-state index in [1.807, 2.05) is 29.3 Å². The normalized spacial score (nSPS) is 18.9. The number of hydrogen-bond donors (Lipinski definition) is 1. The molecule has 5 nitrogen and oxygen atoms in total. The molecule has 2 heterocycles. The van der Waals surface area contributed by atoms with E-state index >= 15 is 0 Å². The van der Waals surface area contributed by atoms with Gasteiger partial charge in [0.1, 0.15) is 0 Å². The average Bonchev–Trinajstić information content (AvgIpc) is 2.55. The zero-order chi connectivity index (χ0) is 15.4. The molecule has 2 aliphatic heterocycles. The Kier molecular flexibility index (Phi) is 5.00. The first-order chi connectivity index (χ1) is 10.7. The van der Waals surface area contributed by atoms with E-state index in [2.05, 4.69) is 5.43 Å². The molecule has 3 rings (SSSR count). The molecule has 2 aliphatic rings. The van der Waals surface area contributed by atoms with E-state index in [0.29, 0.717) is 18.7 Å². The smallest absolute Gasteiger partial charge is 0.237 e. The number of thioether (sulfide) groups is 1. The van der Waals surface area contributed by atoms with Crippen molar-refractivity contribution >= 4 is 29.3 Å². The highest BCUT2D eigenvalue weighted by Crippen LogP contribution is 2.34. The number of benzene rings is 1. The molecule has 0 spiro atoms. The molecule has 118 valence electrons. The third-order valence-corrected chi connectivity index (χ3v) is 5.06. The van der Waals surface area contributed by atoms with Gasteiger partial charge in [-0.25, -0.2) is 5.01 Å². The third kappa shape index (κ3) is 3.62. The highest BCUT2D eigenvalue weighted by atomic mass is 32.2. The van der Waals surface area contributed by atoms with Crippen LogP contribution in [0.3, 0.4) is 0 Å². The first-order valence-corrected chi connectivity index (χ1v) is 8.79. The second-order valence-corrected chi connectivity index (χ2v) is 6.65. The van der Waals surface area contributed by atoms with Gasteiger partial charge in [-0.15, -0.1) is 11.8 Å². The number of nitrogens with one attached hydrogen (secondary N) is 1. The summed E-state index contributed by atoms with van der Waals surface area (Å²) in [6.07, 6.45) is 3.84. The van der Waals surface area contributed by atoms with E-state index < -0.39 is 0 Å². The van der Waals surface area contributed by atoms with E-state index in [1.54, 1.807) is 16.7 Å². The lowest BCUT2D eigenvalue weighted by Crippen LogP contribution is -2.46. The molecule has 1 N–H and O–H groups in total. The van der Waals surface area contributed by atoms with Crippen LogP contribution in [0, 0.1) is 0 Å². The van der Waals surface area contributed by atoms with Gasteiger partial charge < -0.3 is 4.90 Å². The van der Waals surface area contributed by atoms with Crippen LogP contribution in [0.4, 0.5) is 5.69 Å². The Balaban J connectivity index is 1.56. The van der Waals surface area contributed by atoms with Crippen molar-refractivity contribution in [2.24, 2.45) is 0 Å². The van der Waals surface area contributed by atoms with Crippen LogP contribution in [0.1, 0.15) is 25.7 Å². The van der Waals surface area contributed by atoms with Crippen LogP contribution in [-0.4, -0.2) is 42.2 Å². The molecular weight excluding hydrogens is 298 g/mol. The fourth-order valence-electron chi connectivity index (χ4n) is 2.85. The summed E-state index contributed by atoms with van der Waals surface area (Å²) >= 11 is 1.56. The van der Waals surface area contributed by atoms with Gasteiger partial charge >= 0.3 is 0 Å². The van der Waals surface area contributed by atoms with Crippen molar-refractivity contribution in [3.63, 3.8) is 0 Å². The number of nitrogens with zero attached hydrogens (tertiary/aromatic N) is 2. The van der Waals surface area contributed by atoms with E-state index in [1.165, 1.54) is 6.42 Å². The number of hydrogen-bond acceptors (Lipinski definition) is 4. The van der Waals surface area contributed by atoms with Crippen LogP contribution < -0.4 is 10.3 Å². The zero-order valence-corrected chi connectivity index (χ0v) is 13.4. The van der Waals surface area contributed by atoms with Crippen molar-refractivity contribution in [1.82, 2.24) is 10.4 Å². The molecule has 1 fully saturated rings. The topological polar surface area (TPSA) is 52.7 Å². The van der Waals surface area contributed by atoms with Gasteiger partial charge in [-0.2, -0.15) is 0 Å². The minimum Gasteiger partial charge on any atom is -0.310 e. The van der Waals surface area contributed by atoms with Crippen LogP contribution in [0.2, 0.25) is 0 Å². The molecule has 0 unspecified atom stereocenters. The van der Waals surface area contributed by atoms with E-state index in [0.717, 1.165) is 36.5 Å². The molecule has 0 aliphatic carbocycles. The maximum Gasteiger partial charge on any atom is 0.237 e. The van der Waals surface area contributed by atoms with Gasteiger partial charge in [0.2, 0.25) is 11.8 Å².